The quantitative estimate of drug-likeness (QED) is 0.798. The van der Waals surface area contributed by atoms with Crippen LogP contribution in [0, 0.1) is 5.92 Å². The summed E-state index contributed by atoms with van der Waals surface area (Å²) >= 11 is 0. The Morgan fingerprint density at radius 2 is 2.35 bits per heavy atom. The number of carboxylic acids is 1. The molecule has 0 spiro atoms. The molecule has 1 aliphatic rings. The first-order chi connectivity index (χ1) is 8.09. The summed E-state index contributed by atoms with van der Waals surface area (Å²) in [5, 5.41) is 11.2. The summed E-state index contributed by atoms with van der Waals surface area (Å²) in [4.78, 5) is 26.4. The largest absolute Gasteiger partial charge is 0.481 e. The lowest BCUT2D eigenvalue weighted by molar-refractivity contribution is -0.140. The Morgan fingerprint density at radius 3 is 2.94 bits per heavy atom. The second-order valence-electron chi connectivity index (χ2n) is 4.29. The molecule has 1 aromatic heterocycles. The summed E-state index contributed by atoms with van der Waals surface area (Å²) in [7, 11) is 0. The highest BCUT2D eigenvalue weighted by atomic mass is 16.4. The molecule has 1 heterocycles. The van der Waals surface area contributed by atoms with Crippen LogP contribution in [0.4, 0.5) is 0 Å². The van der Waals surface area contributed by atoms with Crippen molar-refractivity contribution in [2.45, 2.75) is 25.7 Å². The topological polar surface area (TPSA) is 92.4 Å². The number of nitrogens with one attached hydrogen (secondary N) is 1. The van der Waals surface area contributed by atoms with E-state index in [9.17, 15) is 9.59 Å². The van der Waals surface area contributed by atoms with Gasteiger partial charge in [0.2, 0.25) is 5.76 Å². The predicted octanol–water partition coefficient (Wildman–Crippen LogP) is 1.00. The van der Waals surface area contributed by atoms with Gasteiger partial charge in [-0.05, 0) is 12.8 Å². The molecule has 1 atom stereocenters. The second kappa shape index (κ2) is 4.57. The van der Waals surface area contributed by atoms with Crippen molar-refractivity contribution in [3.05, 3.63) is 17.8 Å². The first-order valence-corrected chi connectivity index (χ1v) is 5.54. The molecular formula is C11H14N2O4. The number of oxazole rings is 1. The molecule has 1 aliphatic carbocycles. The molecule has 0 aromatic carbocycles. The molecule has 1 saturated carbocycles. The van der Waals surface area contributed by atoms with Crippen molar-refractivity contribution in [3.63, 3.8) is 0 Å². The molecule has 0 saturated heterocycles. The maximum Gasteiger partial charge on any atom is 0.308 e. The third-order valence-electron chi connectivity index (χ3n) is 2.76. The molecule has 1 fully saturated rings. The molecule has 1 unspecified atom stereocenters. The Kier molecular flexibility index (Phi) is 3.12. The van der Waals surface area contributed by atoms with Crippen LogP contribution in [0.15, 0.2) is 10.8 Å². The van der Waals surface area contributed by atoms with Crippen LogP contribution in [0.1, 0.15) is 41.9 Å². The van der Waals surface area contributed by atoms with Gasteiger partial charge in [0.05, 0.1) is 11.6 Å². The van der Waals surface area contributed by atoms with Gasteiger partial charge in [0.1, 0.15) is 0 Å². The van der Waals surface area contributed by atoms with Gasteiger partial charge in [-0.25, -0.2) is 4.98 Å². The van der Waals surface area contributed by atoms with Crippen molar-refractivity contribution in [2.24, 2.45) is 5.92 Å². The maximum absolute atomic E-state index is 11.7. The van der Waals surface area contributed by atoms with Crippen LogP contribution in [0.25, 0.3) is 0 Å². The van der Waals surface area contributed by atoms with Crippen LogP contribution in [0.2, 0.25) is 0 Å². The van der Waals surface area contributed by atoms with Crippen LogP contribution in [0.3, 0.4) is 0 Å². The van der Waals surface area contributed by atoms with Gasteiger partial charge in [-0.15, -0.1) is 0 Å². The lowest BCUT2D eigenvalue weighted by atomic mass is 10.2. The fourth-order valence-electron chi connectivity index (χ4n) is 1.49. The van der Waals surface area contributed by atoms with E-state index in [4.69, 9.17) is 9.52 Å². The number of aliphatic carboxylic acids is 1. The summed E-state index contributed by atoms with van der Waals surface area (Å²) in [6, 6.07) is 0. The Hall–Kier alpha value is -1.85. The lowest BCUT2D eigenvalue weighted by Crippen LogP contribution is -2.31. The van der Waals surface area contributed by atoms with E-state index in [1.54, 1.807) is 0 Å². The molecule has 0 aliphatic heterocycles. The summed E-state index contributed by atoms with van der Waals surface area (Å²) in [5.74, 6) is -1.41. The average molecular weight is 238 g/mol. The summed E-state index contributed by atoms with van der Waals surface area (Å²) in [6.45, 7) is 1.61. The summed E-state index contributed by atoms with van der Waals surface area (Å²) in [5.41, 5.74) is 0.686. The maximum atomic E-state index is 11.7. The number of carbonyl (C=O) groups excluding carboxylic acids is 1. The Morgan fingerprint density at radius 1 is 1.65 bits per heavy atom. The van der Waals surface area contributed by atoms with Gasteiger partial charge in [-0.3, -0.25) is 9.59 Å². The number of aromatic nitrogens is 1. The minimum atomic E-state index is -0.940. The van der Waals surface area contributed by atoms with Gasteiger partial charge in [-0.1, -0.05) is 6.92 Å². The van der Waals surface area contributed by atoms with Gasteiger partial charge in [0, 0.05) is 12.5 Å². The van der Waals surface area contributed by atoms with Crippen LogP contribution >= 0.6 is 0 Å². The van der Waals surface area contributed by atoms with Crippen LogP contribution in [-0.4, -0.2) is 28.5 Å². The molecule has 2 N–H and O–H groups in total. The highest BCUT2D eigenvalue weighted by molar-refractivity contribution is 5.92. The molecule has 17 heavy (non-hydrogen) atoms. The van der Waals surface area contributed by atoms with Gasteiger partial charge in [0.15, 0.2) is 6.39 Å². The minimum Gasteiger partial charge on any atom is -0.481 e. The molecule has 1 amide bonds. The minimum absolute atomic E-state index is 0.0823. The second-order valence-corrected chi connectivity index (χ2v) is 4.29. The highest BCUT2D eigenvalue weighted by Gasteiger charge is 2.32. The zero-order valence-corrected chi connectivity index (χ0v) is 9.47. The first-order valence-electron chi connectivity index (χ1n) is 5.54. The average Bonchev–Trinajstić information content (AvgIpc) is 3.03. The fraction of sp³-hybridized carbons (Fsp3) is 0.545. The number of carboxylic acid groups (broad SMARTS) is 1. The number of carbonyl (C=O) groups is 2. The van der Waals surface area contributed by atoms with E-state index in [-0.39, 0.29) is 12.3 Å². The molecule has 0 bridgehead atoms. The molecular weight excluding hydrogens is 224 g/mol. The molecule has 1 aromatic rings. The normalized spacial score (nSPS) is 16.5. The highest BCUT2D eigenvalue weighted by Crippen LogP contribution is 2.40. The van der Waals surface area contributed by atoms with Crippen molar-refractivity contribution in [2.75, 3.05) is 6.54 Å². The van der Waals surface area contributed by atoms with E-state index in [0.29, 0.717) is 11.6 Å². The Balaban J connectivity index is 1.95. The van der Waals surface area contributed by atoms with Crippen LogP contribution in [-0.2, 0) is 4.79 Å². The van der Waals surface area contributed by atoms with Crippen molar-refractivity contribution in [1.82, 2.24) is 10.3 Å². The van der Waals surface area contributed by atoms with Crippen LogP contribution < -0.4 is 5.32 Å². The number of hydrogen-bond donors (Lipinski definition) is 2. The van der Waals surface area contributed by atoms with E-state index in [0.717, 1.165) is 12.8 Å². The van der Waals surface area contributed by atoms with E-state index in [1.807, 2.05) is 0 Å². The first kappa shape index (κ1) is 11.6. The van der Waals surface area contributed by atoms with E-state index >= 15 is 0 Å². The SMILES string of the molecule is CC(CNC(=O)c1ocnc1C1CC1)C(=O)O. The van der Waals surface area contributed by atoms with Crippen molar-refractivity contribution in [1.29, 1.82) is 0 Å². The van der Waals surface area contributed by atoms with Gasteiger partial charge in [0.25, 0.3) is 5.91 Å². The van der Waals surface area contributed by atoms with Crippen molar-refractivity contribution < 1.29 is 19.1 Å². The van der Waals surface area contributed by atoms with Crippen LogP contribution in [0.5, 0.6) is 0 Å². The molecule has 2 rings (SSSR count). The van der Waals surface area contributed by atoms with Crippen molar-refractivity contribution >= 4 is 11.9 Å². The Labute approximate surface area is 98.0 Å². The molecule has 92 valence electrons. The smallest absolute Gasteiger partial charge is 0.308 e. The predicted molar refractivity (Wildman–Crippen MR) is 57.6 cm³/mol. The number of hydrogen-bond acceptors (Lipinski definition) is 4. The molecule has 6 heteroatoms. The summed E-state index contributed by atoms with van der Waals surface area (Å²) in [6.07, 6.45) is 3.31. The van der Waals surface area contributed by atoms with Gasteiger partial charge in [-0.2, -0.15) is 0 Å². The van der Waals surface area contributed by atoms with Gasteiger partial charge < -0.3 is 14.8 Å². The number of rotatable bonds is 5. The Bertz CT molecular complexity index is 436. The third kappa shape index (κ3) is 2.64. The molecule has 0 radical (unpaired) electrons. The van der Waals surface area contributed by atoms with Gasteiger partial charge >= 0.3 is 5.97 Å². The third-order valence-corrected chi connectivity index (χ3v) is 2.76. The van der Waals surface area contributed by atoms with E-state index in [1.165, 1.54) is 13.3 Å². The summed E-state index contributed by atoms with van der Waals surface area (Å²) < 4.78 is 5.05. The lowest BCUT2D eigenvalue weighted by Gasteiger charge is -2.07. The van der Waals surface area contributed by atoms with E-state index < -0.39 is 17.8 Å². The van der Waals surface area contributed by atoms with Crippen molar-refractivity contribution in [3.8, 4) is 0 Å². The standard InChI is InChI=1S/C11H14N2O4/c1-6(11(15)16)4-12-10(14)9-8(7-2-3-7)13-5-17-9/h5-7H,2-4H2,1H3,(H,12,14)(H,15,16). The monoisotopic (exact) mass is 238 g/mol. The fourth-order valence-corrected chi connectivity index (χ4v) is 1.49. The number of amides is 1. The zero-order valence-electron chi connectivity index (χ0n) is 9.47. The zero-order chi connectivity index (χ0) is 12.4. The number of nitrogens with zero attached hydrogens (tertiary/aromatic N) is 1. The van der Waals surface area contributed by atoms with E-state index in [2.05, 4.69) is 10.3 Å². The molecule has 6 nitrogen and oxygen atoms in total.